The molecule has 0 atom stereocenters. The quantitative estimate of drug-likeness (QED) is 0.916. The van der Waals surface area contributed by atoms with E-state index in [0.717, 1.165) is 17.1 Å². The molecule has 0 aliphatic heterocycles. The van der Waals surface area contributed by atoms with Crippen molar-refractivity contribution in [3.05, 3.63) is 40.8 Å². The molecule has 18 heavy (non-hydrogen) atoms. The standard InChI is InChI=1S/C10H8ClF3N4/c11-8-1-6(2-15)3-16-9(8)18-5-7(4-17-18)10(12,13)14/h1,3-5H,2,15H2. The highest BCUT2D eigenvalue weighted by atomic mass is 35.5. The third-order valence-electron chi connectivity index (χ3n) is 2.24. The topological polar surface area (TPSA) is 56.7 Å². The van der Waals surface area contributed by atoms with Gasteiger partial charge in [0.25, 0.3) is 0 Å². The molecule has 96 valence electrons. The van der Waals surface area contributed by atoms with Crippen LogP contribution >= 0.6 is 11.6 Å². The van der Waals surface area contributed by atoms with E-state index in [4.69, 9.17) is 17.3 Å². The van der Waals surface area contributed by atoms with E-state index in [1.54, 1.807) is 6.07 Å². The number of halogens is 4. The molecule has 0 amide bonds. The minimum Gasteiger partial charge on any atom is -0.326 e. The van der Waals surface area contributed by atoms with Crippen LogP contribution in [0.15, 0.2) is 24.7 Å². The first-order valence-corrected chi connectivity index (χ1v) is 5.26. The van der Waals surface area contributed by atoms with E-state index in [1.165, 1.54) is 6.20 Å². The number of pyridine rings is 1. The van der Waals surface area contributed by atoms with Crippen molar-refractivity contribution in [2.24, 2.45) is 5.73 Å². The summed E-state index contributed by atoms with van der Waals surface area (Å²) < 4.78 is 38.2. The molecule has 0 radical (unpaired) electrons. The molecule has 0 spiro atoms. The van der Waals surface area contributed by atoms with Crippen LogP contribution in [0.2, 0.25) is 5.02 Å². The average Bonchev–Trinajstić information content (AvgIpc) is 2.77. The molecule has 0 unspecified atom stereocenters. The second kappa shape index (κ2) is 4.58. The van der Waals surface area contributed by atoms with Gasteiger partial charge in [-0.2, -0.15) is 18.3 Å². The number of nitrogens with two attached hydrogens (primary N) is 1. The molecule has 0 bridgehead atoms. The summed E-state index contributed by atoms with van der Waals surface area (Å²) in [6.07, 6.45) is -1.46. The number of nitrogens with zero attached hydrogens (tertiary/aromatic N) is 3. The van der Waals surface area contributed by atoms with E-state index < -0.39 is 11.7 Å². The predicted molar refractivity (Wildman–Crippen MR) is 59.3 cm³/mol. The predicted octanol–water partition coefficient (Wildman–Crippen LogP) is 2.40. The van der Waals surface area contributed by atoms with Crippen molar-refractivity contribution in [1.82, 2.24) is 14.8 Å². The summed E-state index contributed by atoms with van der Waals surface area (Å²) in [5.74, 6) is 0.129. The Hall–Kier alpha value is -1.60. The molecule has 8 heteroatoms. The van der Waals surface area contributed by atoms with E-state index in [2.05, 4.69) is 10.1 Å². The van der Waals surface area contributed by atoms with E-state index in [9.17, 15) is 13.2 Å². The molecule has 0 saturated carbocycles. The number of hydrogen-bond acceptors (Lipinski definition) is 3. The molecule has 2 heterocycles. The van der Waals surface area contributed by atoms with Gasteiger partial charge in [0, 0.05) is 18.9 Å². The van der Waals surface area contributed by atoms with Crippen molar-refractivity contribution in [1.29, 1.82) is 0 Å². The SMILES string of the molecule is NCc1cnc(-n2cc(C(F)(F)F)cn2)c(Cl)c1. The lowest BCUT2D eigenvalue weighted by atomic mass is 10.3. The van der Waals surface area contributed by atoms with Crippen molar-refractivity contribution in [2.75, 3.05) is 0 Å². The fourth-order valence-electron chi connectivity index (χ4n) is 1.34. The van der Waals surface area contributed by atoms with Gasteiger partial charge in [0.2, 0.25) is 0 Å². The molecule has 0 saturated heterocycles. The molecule has 2 aromatic heterocycles. The number of rotatable bonds is 2. The van der Waals surface area contributed by atoms with Crippen LogP contribution in [-0.2, 0) is 12.7 Å². The second-order valence-corrected chi connectivity index (χ2v) is 3.93. The van der Waals surface area contributed by atoms with Crippen LogP contribution in [0, 0.1) is 0 Å². The summed E-state index contributed by atoms with van der Waals surface area (Å²) in [6, 6.07) is 1.54. The van der Waals surface area contributed by atoms with Crippen LogP contribution in [0.3, 0.4) is 0 Å². The zero-order chi connectivity index (χ0) is 13.3. The molecular formula is C10H8ClF3N4. The second-order valence-electron chi connectivity index (χ2n) is 3.52. The van der Waals surface area contributed by atoms with Crippen molar-refractivity contribution in [3.8, 4) is 5.82 Å². The lowest BCUT2D eigenvalue weighted by molar-refractivity contribution is -0.137. The molecule has 0 aliphatic carbocycles. The van der Waals surface area contributed by atoms with Crippen molar-refractivity contribution in [2.45, 2.75) is 12.7 Å². The molecule has 2 rings (SSSR count). The van der Waals surface area contributed by atoms with Crippen LogP contribution < -0.4 is 5.73 Å². The van der Waals surface area contributed by atoms with E-state index in [-0.39, 0.29) is 17.4 Å². The first-order chi connectivity index (χ1) is 8.41. The van der Waals surface area contributed by atoms with Gasteiger partial charge < -0.3 is 5.73 Å². The maximum absolute atomic E-state index is 12.4. The van der Waals surface area contributed by atoms with Crippen LogP contribution in [-0.4, -0.2) is 14.8 Å². The fourth-order valence-corrected chi connectivity index (χ4v) is 1.61. The third-order valence-corrected chi connectivity index (χ3v) is 2.52. The minimum absolute atomic E-state index is 0.129. The molecule has 2 aromatic rings. The molecule has 4 nitrogen and oxygen atoms in total. The smallest absolute Gasteiger partial charge is 0.326 e. The zero-order valence-corrected chi connectivity index (χ0v) is 9.70. The van der Waals surface area contributed by atoms with Crippen LogP contribution in [0.1, 0.15) is 11.1 Å². The molecular weight excluding hydrogens is 269 g/mol. The highest BCUT2D eigenvalue weighted by molar-refractivity contribution is 6.32. The van der Waals surface area contributed by atoms with Crippen LogP contribution in [0.4, 0.5) is 13.2 Å². The molecule has 0 aliphatic rings. The van der Waals surface area contributed by atoms with Gasteiger partial charge in [-0.15, -0.1) is 0 Å². The van der Waals surface area contributed by atoms with Crippen molar-refractivity contribution >= 4 is 11.6 Å². The summed E-state index contributed by atoms with van der Waals surface area (Å²) in [5, 5.41) is 3.78. The Morgan fingerprint density at radius 2 is 2.06 bits per heavy atom. The lowest BCUT2D eigenvalue weighted by Gasteiger charge is -2.05. The minimum atomic E-state index is -4.44. The van der Waals surface area contributed by atoms with Crippen LogP contribution in [0.25, 0.3) is 5.82 Å². The Morgan fingerprint density at radius 1 is 1.33 bits per heavy atom. The van der Waals surface area contributed by atoms with Gasteiger partial charge in [-0.05, 0) is 11.6 Å². The number of alkyl halides is 3. The highest BCUT2D eigenvalue weighted by Gasteiger charge is 2.32. The van der Waals surface area contributed by atoms with Gasteiger partial charge in [0.1, 0.15) is 0 Å². The highest BCUT2D eigenvalue weighted by Crippen LogP contribution is 2.29. The number of aromatic nitrogens is 3. The maximum Gasteiger partial charge on any atom is 0.419 e. The molecule has 0 fully saturated rings. The van der Waals surface area contributed by atoms with Crippen molar-refractivity contribution in [3.63, 3.8) is 0 Å². The molecule has 0 aromatic carbocycles. The first kappa shape index (κ1) is 12.8. The average molecular weight is 277 g/mol. The van der Waals surface area contributed by atoms with Gasteiger partial charge >= 0.3 is 6.18 Å². The van der Waals surface area contributed by atoms with Gasteiger partial charge in [-0.1, -0.05) is 11.6 Å². The first-order valence-electron chi connectivity index (χ1n) is 4.88. The van der Waals surface area contributed by atoms with Gasteiger partial charge in [-0.3, -0.25) is 0 Å². The Kier molecular flexibility index (Phi) is 3.27. The fraction of sp³-hybridized carbons (Fsp3) is 0.200. The van der Waals surface area contributed by atoms with E-state index in [0.29, 0.717) is 5.56 Å². The van der Waals surface area contributed by atoms with Crippen molar-refractivity contribution < 1.29 is 13.2 Å². The Morgan fingerprint density at radius 3 is 2.56 bits per heavy atom. The normalized spacial score (nSPS) is 11.8. The maximum atomic E-state index is 12.4. The van der Waals surface area contributed by atoms with Gasteiger partial charge in [-0.25, -0.2) is 9.67 Å². The Labute approximate surface area is 105 Å². The lowest BCUT2D eigenvalue weighted by Crippen LogP contribution is -2.04. The monoisotopic (exact) mass is 276 g/mol. The van der Waals surface area contributed by atoms with Gasteiger partial charge in [0.15, 0.2) is 5.82 Å². The number of hydrogen-bond donors (Lipinski definition) is 1. The van der Waals surface area contributed by atoms with Crippen LogP contribution in [0.5, 0.6) is 0 Å². The largest absolute Gasteiger partial charge is 0.419 e. The summed E-state index contributed by atoms with van der Waals surface area (Å²) in [7, 11) is 0. The van der Waals surface area contributed by atoms with E-state index >= 15 is 0 Å². The summed E-state index contributed by atoms with van der Waals surface area (Å²) in [6.45, 7) is 0.250. The Bertz CT molecular complexity index is 564. The molecule has 2 N–H and O–H groups in total. The summed E-state index contributed by atoms with van der Waals surface area (Å²) in [5.41, 5.74) is 5.23. The third kappa shape index (κ3) is 2.46. The summed E-state index contributed by atoms with van der Waals surface area (Å²) >= 11 is 5.91. The zero-order valence-electron chi connectivity index (χ0n) is 8.95. The summed E-state index contributed by atoms with van der Waals surface area (Å²) in [4.78, 5) is 3.94. The van der Waals surface area contributed by atoms with Gasteiger partial charge in [0.05, 0.1) is 16.8 Å². The van der Waals surface area contributed by atoms with E-state index in [1.807, 2.05) is 0 Å². The Balaban J connectivity index is 2.40.